The zero-order chi connectivity index (χ0) is 14.3. The van der Waals surface area contributed by atoms with Crippen LogP contribution in [-0.2, 0) is 14.9 Å². The van der Waals surface area contributed by atoms with Crippen molar-refractivity contribution in [2.45, 2.75) is 37.5 Å². The zero-order valence-electron chi connectivity index (χ0n) is 10.8. The van der Waals surface area contributed by atoms with Crippen LogP contribution in [0.25, 0.3) is 0 Å². The number of rotatable bonds is 7. The summed E-state index contributed by atoms with van der Waals surface area (Å²) < 4.78 is 35.5. The summed E-state index contributed by atoms with van der Waals surface area (Å²) in [6.45, 7) is 2.46. The van der Waals surface area contributed by atoms with Gasteiger partial charge in [-0.1, -0.05) is 26.2 Å². The molecule has 0 aliphatic carbocycles. The van der Waals surface area contributed by atoms with Crippen molar-refractivity contribution in [1.82, 2.24) is 0 Å². The van der Waals surface area contributed by atoms with E-state index < -0.39 is 16.1 Å². The van der Waals surface area contributed by atoms with Crippen molar-refractivity contribution in [1.29, 1.82) is 0 Å². The molecular formula is C13H18O5S. The fourth-order valence-electron chi connectivity index (χ4n) is 1.54. The highest BCUT2D eigenvalue weighted by Gasteiger charge is 2.11. The molecule has 0 fully saturated rings. The molecule has 6 heteroatoms. The smallest absolute Gasteiger partial charge is 0.338 e. The fourth-order valence-corrected chi connectivity index (χ4v) is 2.02. The Bertz CT molecular complexity index is 504. The van der Waals surface area contributed by atoms with E-state index in [1.165, 1.54) is 24.3 Å². The van der Waals surface area contributed by atoms with E-state index in [0.717, 1.165) is 25.7 Å². The van der Waals surface area contributed by atoms with Gasteiger partial charge in [-0.05, 0) is 30.7 Å². The maximum atomic E-state index is 11.6. The number of hydrogen-bond donors (Lipinski definition) is 1. The molecule has 0 aliphatic rings. The number of hydrogen-bond acceptors (Lipinski definition) is 4. The van der Waals surface area contributed by atoms with Gasteiger partial charge in [-0.25, -0.2) is 4.79 Å². The quantitative estimate of drug-likeness (QED) is 0.473. The van der Waals surface area contributed by atoms with Gasteiger partial charge in [0, 0.05) is 0 Å². The van der Waals surface area contributed by atoms with Crippen LogP contribution in [0.3, 0.4) is 0 Å². The molecule has 0 aliphatic heterocycles. The van der Waals surface area contributed by atoms with E-state index in [1.807, 2.05) is 0 Å². The minimum Gasteiger partial charge on any atom is -0.462 e. The predicted molar refractivity (Wildman–Crippen MR) is 70.7 cm³/mol. The third kappa shape index (κ3) is 5.40. The SMILES string of the molecule is CCCCCCOC(=O)c1ccc(S(=O)(=O)O)cc1. The van der Waals surface area contributed by atoms with Crippen molar-refractivity contribution < 1.29 is 22.5 Å². The lowest BCUT2D eigenvalue weighted by Gasteiger charge is -2.05. The predicted octanol–water partition coefficient (Wildman–Crippen LogP) is 2.67. The molecule has 0 bridgehead atoms. The van der Waals surface area contributed by atoms with Crippen LogP contribution >= 0.6 is 0 Å². The molecule has 1 rings (SSSR count). The van der Waals surface area contributed by atoms with Crippen LogP contribution in [0.5, 0.6) is 0 Å². The minimum atomic E-state index is -4.22. The zero-order valence-corrected chi connectivity index (χ0v) is 11.6. The van der Waals surface area contributed by atoms with Gasteiger partial charge in [0.2, 0.25) is 0 Å². The Morgan fingerprint density at radius 2 is 1.79 bits per heavy atom. The van der Waals surface area contributed by atoms with Crippen molar-refractivity contribution in [3.05, 3.63) is 29.8 Å². The van der Waals surface area contributed by atoms with Crippen LogP contribution in [-0.4, -0.2) is 25.5 Å². The lowest BCUT2D eigenvalue weighted by molar-refractivity contribution is 0.0497. The maximum Gasteiger partial charge on any atom is 0.338 e. The van der Waals surface area contributed by atoms with Crippen LogP contribution in [0.4, 0.5) is 0 Å². The first-order valence-electron chi connectivity index (χ1n) is 6.20. The molecular weight excluding hydrogens is 268 g/mol. The molecule has 0 saturated carbocycles. The third-order valence-corrected chi connectivity index (χ3v) is 3.49. The summed E-state index contributed by atoms with van der Waals surface area (Å²) in [6.07, 6.45) is 4.07. The van der Waals surface area contributed by atoms with Gasteiger partial charge in [0.15, 0.2) is 0 Å². The monoisotopic (exact) mass is 286 g/mol. The molecule has 0 atom stereocenters. The summed E-state index contributed by atoms with van der Waals surface area (Å²) >= 11 is 0. The molecule has 5 nitrogen and oxygen atoms in total. The molecule has 0 saturated heterocycles. The number of ether oxygens (including phenoxy) is 1. The Labute approximate surface area is 113 Å². The number of carbonyl (C=O) groups excluding carboxylic acids is 1. The van der Waals surface area contributed by atoms with Gasteiger partial charge >= 0.3 is 5.97 Å². The second-order valence-corrected chi connectivity index (χ2v) is 5.62. The van der Waals surface area contributed by atoms with Gasteiger partial charge in [-0.2, -0.15) is 8.42 Å². The van der Waals surface area contributed by atoms with Crippen molar-refractivity contribution in [3.63, 3.8) is 0 Å². The molecule has 0 heterocycles. The summed E-state index contributed by atoms with van der Waals surface area (Å²) in [5, 5.41) is 0. The normalized spacial score (nSPS) is 11.3. The van der Waals surface area contributed by atoms with Crippen molar-refractivity contribution in [2.75, 3.05) is 6.61 Å². The number of benzene rings is 1. The average Bonchev–Trinajstić information content (AvgIpc) is 2.37. The lowest BCUT2D eigenvalue weighted by Crippen LogP contribution is -2.07. The lowest BCUT2D eigenvalue weighted by atomic mass is 10.2. The van der Waals surface area contributed by atoms with Crippen molar-refractivity contribution >= 4 is 16.1 Å². The van der Waals surface area contributed by atoms with Crippen molar-refractivity contribution in [3.8, 4) is 0 Å². The fraction of sp³-hybridized carbons (Fsp3) is 0.462. The van der Waals surface area contributed by atoms with E-state index in [1.54, 1.807) is 0 Å². The van der Waals surface area contributed by atoms with Gasteiger partial charge < -0.3 is 4.74 Å². The van der Waals surface area contributed by atoms with Crippen LogP contribution in [0.2, 0.25) is 0 Å². The van der Waals surface area contributed by atoms with Gasteiger partial charge in [0.05, 0.1) is 17.1 Å². The van der Waals surface area contributed by atoms with Gasteiger partial charge in [-0.3, -0.25) is 4.55 Å². The Hall–Kier alpha value is -1.40. The van der Waals surface area contributed by atoms with Gasteiger partial charge in [0.25, 0.3) is 10.1 Å². The highest BCUT2D eigenvalue weighted by molar-refractivity contribution is 7.85. The maximum absolute atomic E-state index is 11.6. The summed E-state index contributed by atoms with van der Waals surface area (Å²) in [7, 11) is -4.22. The first kappa shape index (κ1) is 15.7. The van der Waals surface area contributed by atoms with E-state index >= 15 is 0 Å². The Morgan fingerprint density at radius 1 is 1.16 bits per heavy atom. The Morgan fingerprint density at radius 3 is 2.32 bits per heavy atom. The van der Waals surface area contributed by atoms with Gasteiger partial charge in [-0.15, -0.1) is 0 Å². The van der Waals surface area contributed by atoms with Crippen molar-refractivity contribution in [2.24, 2.45) is 0 Å². The van der Waals surface area contributed by atoms with E-state index in [9.17, 15) is 13.2 Å². The molecule has 0 radical (unpaired) electrons. The summed E-state index contributed by atoms with van der Waals surface area (Å²) in [4.78, 5) is 11.4. The molecule has 0 spiro atoms. The molecule has 19 heavy (non-hydrogen) atoms. The molecule has 1 aromatic carbocycles. The number of unbranched alkanes of at least 4 members (excludes halogenated alkanes) is 3. The van der Waals surface area contributed by atoms with Crippen LogP contribution in [0, 0.1) is 0 Å². The second kappa shape index (κ2) is 7.25. The first-order valence-corrected chi connectivity index (χ1v) is 7.64. The van der Waals surface area contributed by atoms with E-state index in [-0.39, 0.29) is 10.5 Å². The summed E-state index contributed by atoms with van der Waals surface area (Å²) in [5.74, 6) is -0.488. The van der Waals surface area contributed by atoms with Crippen LogP contribution < -0.4 is 0 Å². The highest BCUT2D eigenvalue weighted by Crippen LogP contribution is 2.11. The van der Waals surface area contributed by atoms with E-state index in [2.05, 4.69) is 6.92 Å². The highest BCUT2D eigenvalue weighted by atomic mass is 32.2. The van der Waals surface area contributed by atoms with E-state index in [4.69, 9.17) is 9.29 Å². The Kier molecular flexibility index (Phi) is 5.98. The molecule has 106 valence electrons. The molecule has 0 unspecified atom stereocenters. The Balaban J connectivity index is 2.50. The summed E-state index contributed by atoms with van der Waals surface area (Å²) in [5.41, 5.74) is 0.267. The number of esters is 1. The number of carbonyl (C=O) groups is 1. The molecule has 1 N–H and O–H groups in total. The first-order chi connectivity index (χ1) is 8.95. The molecule has 0 aromatic heterocycles. The molecule has 1 aromatic rings. The van der Waals surface area contributed by atoms with Gasteiger partial charge in [0.1, 0.15) is 0 Å². The van der Waals surface area contributed by atoms with Crippen LogP contribution in [0.1, 0.15) is 43.0 Å². The summed E-state index contributed by atoms with van der Waals surface area (Å²) in [6, 6.07) is 4.97. The average molecular weight is 286 g/mol. The topological polar surface area (TPSA) is 80.7 Å². The van der Waals surface area contributed by atoms with Crippen LogP contribution in [0.15, 0.2) is 29.2 Å². The minimum absolute atomic E-state index is 0.244. The third-order valence-electron chi connectivity index (χ3n) is 2.62. The largest absolute Gasteiger partial charge is 0.462 e. The molecule has 0 amide bonds. The second-order valence-electron chi connectivity index (χ2n) is 4.20. The standard InChI is InChI=1S/C13H18O5S/c1-2-3-4-5-10-18-13(14)11-6-8-12(9-7-11)19(15,16)17/h6-9H,2-5,10H2,1H3,(H,15,16,17). The van der Waals surface area contributed by atoms with E-state index in [0.29, 0.717) is 6.61 Å².